The van der Waals surface area contributed by atoms with Crippen LogP contribution >= 0.6 is 43.2 Å². The van der Waals surface area contributed by atoms with E-state index >= 15 is 0 Å². The lowest BCUT2D eigenvalue weighted by Gasteiger charge is -2.17. The highest BCUT2D eigenvalue weighted by Crippen LogP contribution is 2.38. The number of hydrogen-bond acceptors (Lipinski definition) is 4. The maximum Gasteiger partial charge on any atom is 0.132 e. The molecule has 0 aliphatic rings. The molecule has 2 rings (SSSR count). The summed E-state index contributed by atoms with van der Waals surface area (Å²) in [6.45, 7) is 0. The van der Waals surface area contributed by atoms with Gasteiger partial charge >= 0.3 is 0 Å². The number of methoxy groups -OCH3 is 1. The molecule has 0 spiro atoms. The van der Waals surface area contributed by atoms with Crippen LogP contribution in [0.3, 0.4) is 0 Å². The summed E-state index contributed by atoms with van der Waals surface area (Å²) in [7, 11) is 1.50. The van der Waals surface area contributed by atoms with Crippen LogP contribution in [0.15, 0.2) is 31.8 Å². The monoisotopic (exact) mass is 408 g/mol. The molecular formula is C12H11Br2FN2OS. The van der Waals surface area contributed by atoms with Crippen molar-refractivity contribution in [1.82, 2.24) is 5.43 Å². The van der Waals surface area contributed by atoms with E-state index in [1.165, 1.54) is 24.5 Å². The lowest BCUT2D eigenvalue weighted by Crippen LogP contribution is -2.29. The minimum Gasteiger partial charge on any atom is -0.497 e. The zero-order chi connectivity index (χ0) is 14.0. The first-order valence-corrected chi connectivity index (χ1v) is 7.71. The van der Waals surface area contributed by atoms with Gasteiger partial charge in [-0.05, 0) is 44.0 Å². The zero-order valence-electron chi connectivity index (χ0n) is 9.91. The Bertz CT molecular complexity index is 591. The van der Waals surface area contributed by atoms with Crippen LogP contribution in [0.1, 0.15) is 17.2 Å². The van der Waals surface area contributed by atoms with Gasteiger partial charge in [-0.25, -0.2) is 9.82 Å². The number of hydrazine groups is 1. The third kappa shape index (κ3) is 3.17. The van der Waals surface area contributed by atoms with Crippen LogP contribution in [-0.4, -0.2) is 7.11 Å². The molecule has 1 aromatic heterocycles. The molecule has 0 saturated carbocycles. The van der Waals surface area contributed by atoms with Crippen molar-refractivity contribution in [2.24, 2.45) is 5.84 Å². The first-order valence-electron chi connectivity index (χ1n) is 5.31. The van der Waals surface area contributed by atoms with Gasteiger partial charge in [0, 0.05) is 17.2 Å². The minimum atomic E-state index is -0.428. The SMILES string of the molecule is COc1ccc(C(NN)c2cc(Br)sc2Br)c(F)c1. The van der Waals surface area contributed by atoms with Crippen molar-refractivity contribution in [2.75, 3.05) is 7.11 Å². The van der Waals surface area contributed by atoms with E-state index in [1.54, 1.807) is 12.1 Å². The van der Waals surface area contributed by atoms with Gasteiger partial charge in [-0.15, -0.1) is 11.3 Å². The van der Waals surface area contributed by atoms with Crippen molar-refractivity contribution in [1.29, 1.82) is 0 Å². The summed E-state index contributed by atoms with van der Waals surface area (Å²) in [5.74, 6) is 5.69. The topological polar surface area (TPSA) is 47.3 Å². The quantitative estimate of drug-likeness (QED) is 0.593. The molecule has 102 valence electrons. The molecular weight excluding hydrogens is 399 g/mol. The smallest absolute Gasteiger partial charge is 0.132 e. The molecule has 0 saturated heterocycles. The molecule has 0 bridgehead atoms. The fraction of sp³-hybridized carbons (Fsp3) is 0.167. The molecule has 0 aliphatic carbocycles. The predicted octanol–water partition coefficient (Wildman–Crippen LogP) is 3.97. The van der Waals surface area contributed by atoms with Gasteiger partial charge in [-0.2, -0.15) is 0 Å². The number of thiophene rings is 1. The first kappa shape index (κ1) is 14.9. The lowest BCUT2D eigenvalue weighted by molar-refractivity contribution is 0.410. The van der Waals surface area contributed by atoms with Gasteiger partial charge in [0.1, 0.15) is 11.6 Å². The summed E-state index contributed by atoms with van der Waals surface area (Å²) in [6.07, 6.45) is 0. The van der Waals surface area contributed by atoms with E-state index < -0.39 is 6.04 Å². The molecule has 3 nitrogen and oxygen atoms in total. The second-order valence-corrected chi connectivity index (χ2v) is 7.52. The largest absolute Gasteiger partial charge is 0.497 e. The van der Waals surface area contributed by atoms with Crippen LogP contribution in [0.5, 0.6) is 5.75 Å². The Morgan fingerprint density at radius 2 is 2.05 bits per heavy atom. The number of benzene rings is 1. The molecule has 1 aromatic carbocycles. The maximum absolute atomic E-state index is 14.1. The van der Waals surface area contributed by atoms with Gasteiger partial charge in [0.25, 0.3) is 0 Å². The van der Waals surface area contributed by atoms with Crippen LogP contribution in [0.4, 0.5) is 4.39 Å². The summed E-state index contributed by atoms with van der Waals surface area (Å²) in [6, 6.07) is 6.19. The fourth-order valence-corrected chi connectivity index (χ4v) is 4.67. The number of nitrogens with two attached hydrogens (primary N) is 1. The van der Waals surface area contributed by atoms with Crippen molar-refractivity contribution in [3.8, 4) is 5.75 Å². The molecule has 0 aliphatic heterocycles. The van der Waals surface area contributed by atoms with E-state index in [9.17, 15) is 4.39 Å². The molecule has 1 unspecified atom stereocenters. The van der Waals surface area contributed by atoms with E-state index in [0.29, 0.717) is 11.3 Å². The highest BCUT2D eigenvalue weighted by Gasteiger charge is 2.21. The molecule has 0 fully saturated rings. The lowest BCUT2D eigenvalue weighted by atomic mass is 10.0. The highest BCUT2D eigenvalue weighted by molar-refractivity contribution is 9.12. The Kier molecular flexibility index (Phi) is 4.97. The van der Waals surface area contributed by atoms with Crippen LogP contribution < -0.4 is 16.0 Å². The Morgan fingerprint density at radius 1 is 1.32 bits per heavy atom. The first-order chi connectivity index (χ1) is 9.06. The second kappa shape index (κ2) is 6.32. The number of halogens is 3. The van der Waals surface area contributed by atoms with E-state index in [-0.39, 0.29) is 5.82 Å². The summed E-state index contributed by atoms with van der Waals surface area (Å²) in [4.78, 5) is 0. The fourth-order valence-electron chi connectivity index (χ4n) is 1.77. The molecule has 19 heavy (non-hydrogen) atoms. The molecule has 0 amide bonds. The molecule has 0 radical (unpaired) electrons. The van der Waals surface area contributed by atoms with Crippen LogP contribution in [-0.2, 0) is 0 Å². The Morgan fingerprint density at radius 3 is 2.53 bits per heavy atom. The van der Waals surface area contributed by atoms with Gasteiger partial charge < -0.3 is 4.74 Å². The third-order valence-corrected chi connectivity index (χ3v) is 5.07. The third-order valence-electron chi connectivity index (χ3n) is 2.68. The number of hydrogen-bond donors (Lipinski definition) is 2. The van der Waals surface area contributed by atoms with Crippen LogP contribution in [0.25, 0.3) is 0 Å². The number of nitrogens with one attached hydrogen (secondary N) is 1. The van der Waals surface area contributed by atoms with Crippen molar-refractivity contribution in [3.05, 3.63) is 48.8 Å². The second-order valence-electron chi connectivity index (χ2n) is 3.77. The molecule has 1 atom stereocenters. The van der Waals surface area contributed by atoms with E-state index in [1.807, 2.05) is 6.07 Å². The Hall–Kier alpha value is -0.470. The molecule has 2 aromatic rings. The average molecular weight is 410 g/mol. The highest BCUT2D eigenvalue weighted by atomic mass is 79.9. The predicted molar refractivity (Wildman–Crippen MR) is 81.8 cm³/mol. The summed E-state index contributed by atoms with van der Waals surface area (Å²) in [5, 5.41) is 0. The van der Waals surface area contributed by atoms with Crippen molar-refractivity contribution in [2.45, 2.75) is 6.04 Å². The summed E-state index contributed by atoms with van der Waals surface area (Å²) >= 11 is 8.37. The van der Waals surface area contributed by atoms with Gasteiger partial charge in [0.05, 0.1) is 20.7 Å². The van der Waals surface area contributed by atoms with Gasteiger partial charge in [-0.1, -0.05) is 6.07 Å². The molecule has 1 heterocycles. The Balaban J connectivity index is 2.45. The van der Waals surface area contributed by atoms with E-state index in [2.05, 4.69) is 37.3 Å². The average Bonchev–Trinajstić information content (AvgIpc) is 2.71. The van der Waals surface area contributed by atoms with Gasteiger partial charge in [0.2, 0.25) is 0 Å². The zero-order valence-corrected chi connectivity index (χ0v) is 13.9. The van der Waals surface area contributed by atoms with Crippen LogP contribution in [0, 0.1) is 5.82 Å². The van der Waals surface area contributed by atoms with E-state index in [4.69, 9.17) is 10.6 Å². The standard InChI is InChI=1S/C12H11Br2FN2OS/c1-18-6-2-3-7(9(15)4-6)11(17-16)8-5-10(13)19-12(8)14/h2-5,11,17H,16H2,1H3. The van der Waals surface area contributed by atoms with Crippen molar-refractivity contribution >= 4 is 43.2 Å². The van der Waals surface area contributed by atoms with E-state index in [0.717, 1.165) is 13.1 Å². The summed E-state index contributed by atoms with van der Waals surface area (Å²) < 4.78 is 20.9. The van der Waals surface area contributed by atoms with Gasteiger partial charge in [-0.3, -0.25) is 5.84 Å². The maximum atomic E-state index is 14.1. The normalized spacial score (nSPS) is 12.5. The van der Waals surface area contributed by atoms with Crippen LogP contribution in [0.2, 0.25) is 0 Å². The van der Waals surface area contributed by atoms with Crippen molar-refractivity contribution < 1.29 is 9.13 Å². The molecule has 7 heteroatoms. The van der Waals surface area contributed by atoms with Gasteiger partial charge in [0.15, 0.2) is 0 Å². The minimum absolute atomic E-state index is 0.364. The molecule has 3 N–H and O–H groups in total. The van der Waals surface area contributed by atoms with Crippen molar-refractivity contribution in [3.63, 3.8) is 0 Å². The number of rotatable bonds is 4. The Labute approximate surface area is 131 Å². The summed E-state index contributed by atoms with van der Waals surface area (Å²) in [5.41, 5.74) is 3.99. The number of ether oxygens (including phenoxy) is 1.